The molecule has 4 rings (SSSR count). The average molecular weight is 561 g/mol. The summed E-state index contributed by atoms with van der Waals surface area (Å²) in [6.07, 6.45) is 2.87. The number of rotatable bonds is 11. The third kappa shape index (κ3) is 7.43. The first-order valence-corrected chi connectivity index (χ1v) is 13.7. The van der Waals surface area contributed by atoms with Gasteiger partial charge in [-0.2, -0.15) is 0 Å². The highest BCUT2D eigenvalue weighted by molar-refractivity contribution is 7.89. The maximum absolute atomic E-state index is 13.5. The summed E-state index contributed by atoms with van der Waals surface area (Å²) in [4.78, 5) is 27.8. The van der Waals surface area contributed by atoms with E-state index in [0.717, 1.165) is 5.56 Å². The zero-order valence-corrected chi connectivity index (χ0v) is 22.4. The smallest absolute Gasteiger partial charge is 0.319 e. The van der Waals surface area contributed by atoms with Gasteiger partial charge in [-0.1, -0.05) is 54.6 Å². The number of carbonyl (C=O) groups is 2. The maximum Gasteiger partial charge on any atom is 0.319 e. The zero-order valence-electron chi connectivity index (χ0n) is 21.6. The third-order valence-electron chi connectivity index (χ3n) is 5.96. The number of methoxy groups -OCH3 is 1. The van der Waals surface area contributed by atoms with Crippen LogP contribution in [-0.2, 0) is 21.4 Å². The number of aromatic nitrogens is 1. The van der Waals surface area contributed by atoms with Gasteiger partial charge in [0.05, 0.1) is 19.6 Å². The number of pyridine rings is 1. The van der Waals surface area contributed by atoms with Gasteiger partial charge >= 0.3 is 12.0 Å². The second-order valence-corrected chi connectivity index (χ2v) is 10.5. The van der Waals surface area contributed by atoms with Crippen molar-refractivity contribution in [2.75, 3.05) is 12.4 Å². The summed E-state index contributed by atoms with van der Waals surface area (Å²) in [5, 5.41) is 14.9. The monoisotopic (exact) mass is 560 g/mol. The Labute approximate surface area is 232 Å². The molecule has 4 N–H and O–H groups in total. The summed E-state index contributed by atoms with van der Waals surface area (Å²) in [6.45, 7) is 0.303. The van der Waals surface area contributed by atoms with Crippen molar-refractivity contribution >= 4 is 27.7 Å². The lowest BCUT2D eigenvalue weighted by Gasteiger charge is -2.19. The molecule has 2 amide bonds. The summed E-state index contributed by atoms with van der Waals surface area (Å²) >= 11 is 0. The lowest BCUT2D eigenvalue weighted by molar-refractivity contribution is -0.137. The van der Waals surface area contributed by atoms with Crippen molar-refractivity contribution in [2.45, 2.75) is 23.9 Å². The van der Waals surface area contributed by atoms with Crippen molar-refractivity contribution in [1.29, 1.82) is 0 Å². The number of sulfonamides is 1. The van der Waals surface area contributed by atoms with E-state index in [4.69, 9.17) is 4.74 Å². The first-order chi connectivity index (χ1) is 19.2. The number of carboxylic acid groups (broad SMARTS) is 1. The number of anilines is 1. The molecule has 1 atom stereocenters. The van der Waals surface area contributed by atoms with E-state index < -0.39 is 34.5 Å². The second kappa shape index (κ2) is 12.9. The van der Waals surface area contributed by atoms with E-state index in [1.54, 1.807) is 79.1 Å². The topological polar surface area (TPSA) is 147 Å². The van der Waals surface area contributed by atoms with Gasteiger partial charge in [-0.25, -0.2) is 17.9 Å². The third-order valence-corrected chi connectivity index (χ3v) is 7.45. The van der Waals surface area contributed by atoms with Crippen LogP contribution in [-0.4, -0.2) is 37.6 Å². The number of amides is 2. The maximum atomic E-state index is 13.5. The molecular formula is C29H28N4O6S. The van der Waals surface area contributed by atoms with Crippen LogP contribution in [0.4, 0.5) is 10.5 Å². The van der Waals surface area contributed by atoms with E-state index in [9.17, 15) is 23.1 Å². The summed E-state index contributed by atoms with van der Waals surface area (Å²) in [7, 11) is -2.86. The summed E-state index contributed by atoms with van der Waals surface area (Å²) in [5.41, 5.74) is 3.07. The second-order valence-electron chi connectivity index (χ2n) is 8.80. The normalized spacial score (nSPS) is 11.8. The van der Waals surface area contributed by atoms with Gasteiger partial charge in [-0.3, -0.25) is 9.78 Å². The zero-order chi connectivity index (χ0) is 28.5. The Morgan fingerprint density at radius 3 is 2.42 bits per heavy atom. The average Bonchev–Trinajstić information content (AvgIpc) is 2.96. The fraction of sp³-hybridized carbons (Fsp3) is 0.138. The van der Waals surface area contributed by atoms with Gasteiger partial charge in [0, 0.05) is 24.6 Å². The Bertz CT molecular complexity index is 1580. The molecule has 11 heteroatoms. The van der Waals surface area contributed by atoms with Crippen LogP contribution < -0.4 is 20.1 Å². The number of carbonyl (C=O) groups excluding carboxylic acids is 1. The minimum absolute atomic E-state index is 0.0995. The van der Waals surface area contributed by atoms with E-state index in [2.05, 4.69) is 20.3 Å². The minimum Gasteiger partial charge on any atom is -0.495 e. The number of urea groups is 1. The molecule has 10 nitrogen and oxygen atoms in total. The highest BCUT2D eigenvalue weighted by atomic mass is 32.2. The van der Waals surface area contributed by atoms with Crippen molar-refractivity contribution in [3.8, 4) is 16.9 Å². The molecule has 1 heterocycles. The lowest BCUT2D eigenvalue weighted by atomic mass is 10.0. The Hall–Kier alpha value is -4.74. The van der Waals surface area contributed by atoms with Crippen molar-refractivity contribution in [3.05, 3.63) is 108 Å². The Kier molecular flexibility index (Phi) is 9.10. The fourth-order valence-corrected chi connectivity index (χ4v) is 5.46. The Morgan fingerprint density at radius 2 is 1.73 bits per heavy atom. The van der Waals surface area contributed by atoms with E-state index in [1.807, 2.05) is 6.07 Å². The fourth-order valence-electron chi connectivity index (χ4n) is 4.04. The number of hydrogen-bond acceptors (Lipinski definition) is 6. The van der Waals surface area contributed by atoms with Crippen LogP contribution in [0.25, 0.3) is 11.1 Å². The van der Waals surface area contributed by atoms with Crippen molar-refractivity contribution in [2.24, 2.45) is 0 Å². The number of aliphatic carboxylic acids is 1. The first-order valence-electron chi connectivity index (χ1n) is 12.3. The van der Waals surface area contributed by atoms with Crippen molar-refractivity contribution < 1.29 is 27.9 Å². The minimum atomic E-state index is -4.21. The molecule has 40 heavy (non-hydrogen) atoms. The molecule has 0 aliphatic heterocycles. The highest BCUT2D eigenvalue weighted by Gasteiger charge is 2.27. The van der Waals surface area contributed by atoms with Crippen LogP contribution in [0, 0.1) is 0 Å². The molecule has 0 radical (unpaired) electrons. The molecule has 0 saturated carbocycles. The molecule has 0 spiro atoms. The van der Waals surface area contributed by atoms with E-state index in [0.29, 0.717) is 28.9 Å². The molecule has 0 fully saturated rings. The Morgan fingerprint density at radius 1 is 0.950 bits per heavy atom. The summed E-state index contributed by atoms with van der Waals surface area (Å²) in [6, 6.07) is 22.4. The largest absolute Gasteiger partial charge is 0.495 e. The first kappa shape index (κ1) is 28.3. The predicted octanol–water partition coefficient (Wildman–Crippen LogP) is 4.57. The molecule has 0 saturated heterocycles. The molecular weight excluding hydrogens is 532 g/mol. The van der Waals surface area contributed by atoms with Crippen LogP contribution in [0.2, 0.25) is 0 Å². The summed E-state index contributed by atoms with van der Waals surface area (Å²) in [5.74, 6) is -1.05. The van der Waals surface area contributed by atoms with Crippen LogP contribution >= 0.6 is 0 Å². The van der Waals surface area contributed by atoms with Gasteiger partial charge < -0.3 is 20.5 Å². The van der Waals surface area contributed by atoms with Gasteiger partial charge in [0.25, 0.3) is 0 Å². The number of nitrogens with zero attached hydrogens (tertiary/aromatic N) is 1. The SMILES string of the molecule is COc1ccc(-c2cccc(NC(=O)NCc3cccnc3)c2)cc1S(=O)(=O)N[C@@H](CC(=O)O)c1ccccc1. The highest BCUT2D eigenvalue weighted by Crippen LogP contribution is 2.32. The molecule has 3 aromatic carbocycles. The van der Waals surface area contributed by atoms with Crippen LogP contribution in [0.1, 0.15) is 23.6 Å². The Balaban J connectivity index is 1.57. The molecule has 4 aromatic rings. The van der Waals surface area contributed by atoms with E-state index in [1.165, 1.54) is 19.2 Å². The quantitative estimate of drug-likeness (QED) is 0.210. The van der Waals surface area contributed by atoms with E-state index in [-0.39, 0.29) is 10.6 Å². The predicted molar refractivity (Wildman–Crippen MR) is 150 cm³/mol. The van der Waals surface area contributed by atoms with Crippen LogP contribution in [0.15, 0.2) is 102 Å². The number of hydrogen-bond donors (Lipinski definition) is 4. The van der Waals surface area contributed by atoms with Gasteiger partial charge in [-0.15, -0.1) is 0 Å². The van der Waals surface area contributed by atoms with Crippen molar-refractivity contribution in [1.82, 2.24) is 15.0 Å². The van der Waals surface area contributed by atoms with Gasteiger partial charge in [0.1, 0.15) is 10.6 Å². The molecule has 0 aliphatic carbocycles. The molecule has 0 bridgehead atoms. The number of benzene rings is 3. The molecule has 1 aromatic heterocycles. The molecule has 0 unspecified atom stereocenters. The van der Waals surface area contributed by atoms with Crippen LogP contribution in [0.5, 0.6) is 5.75 Å². The number of nitrogens with one attached hydrogen (secondary N) is 3. The standard InChI is InChI=1S/C29H28N4O6S/c1-39-26-13-12-23(16-27(26)40(37,38)33-25(17-28(34)35)21-8-3-2-4-9-21)22-10-5-11-24(15-22)32-29(36)31-19-20-7-6-14-30-18-20/h2-16,18,25,33H,17,19H2,1H3,(H,34,35)(H2,31,32,36)/t25-/m0/s1. The van der Waals surface area contributed by atoms with Gasteiger partial charge in [0.15, 0.2) is 0 Å². The van der Waals surface area contributed by atoms with E-state index >= 15 is 0 Å². The summed E-state index contributed by atoms with van der Waals surface area (Å²) < 4.78 is 34.9. The molecule has 0 aliphatic rings. The van der Waals surface area contributed by atoms with Gasteiger partial charge in [-0.05, 0) is 52.6 Å². The van der Waals surface area contributed by atoms with Gasteiger partial charge in [0.2, 0.25) is 10.0 Å². The lowest BCUT2D eigenvalue weighted by Crippen LogP contribution is -2.30. The molecule has 206 valence electrons. The number of carboxylic acids is 1. The number of ether oxygens (including phenoxy) is 1. The van der Waals surface area contributed by atoms with Crippen molar-refractivity contribution in [3.63, 3.8) is 0 Å². The van der Waals surface area contributed by atoms with Crippen LogP contribution in [0.3, 0.4) is 0 Å².